The Morgan fingerprint density at radius 3 is 2.69 bits per heavy atom. The number of hydrogen-bond acceptors (Lipinski definition) is 6. The fourth-order valence-electron chi connectivity index (χ4n) is 3.38. The second-order valence-corrected chi connectivity index (χ2v) is 7.30. The molecule has 3 rings (SSSR count). The highest BCUT2D eigenvalue weighted by Gasteiger charge is 2.34. The number of nitrogens with two attached hydrogens (primary N) is 1. The van der Waals surface area contributed by atoms with Crippen LogP contribution in [0.1, 0.15) is 18.4 Å². The van der Waals surface area contributed by atoms with Gasteiger partial charge in [0.05, 0.1) is 35.4 Å². The molecule has 1 amide bonds. The van der Waals surface area contributed by atoms with Crippen LogP contribution in [0, 0.1) is 11.3 Å². The third kappa shape index (κ3) is 4.08. The van der Waals surface area contributed by atoms with E-state index in [2.05, 4.69) is 16.7 Å². The number of nitrogens with one attached hydrogen (secondary N) is 2. The van der Waals surface area contributed by atoms with Gasteiger partial charge in [-0.3, -0.25) is 4.79 Å². The molecule has 0 radical (unpaired) electrons. The molecule has 0 fully saturated rings. The minimum Gasteiger partial charge on any atom is -0.495 e. The fraction of sp³-hybridized carbons (Fsp3) is 0.182. The van der Waals surface area contributed by atoms with Gasteiger partial charge in [-0.1, -0.05) is 24.3 Å². The third-order valence-electron chi connectivity index (χ3n) is 4.70. The molecule has 0 spiro atoms. The van der Waals surface area contributed by atoms with Crippen molar-refractivity contribution in [2.75, 3.05) is 24.4 Å². The van der Waals surface area contributed by atoms with Crippen molar-refractivity contribution in [2.24, 2.45) is 0 Å². The number of methoxy groups -OCH3 is 1. The number of nitriles is 1. The highest BCUT2D eigenvalue weighted by atomic mass is 32.2. The first-order chi connectivity index (χ1) is 14.0. The molecule has 1 atom stereocenters. The zero-order valence-corrected chi connectivity index (χ0v) is 17.3. The number of hydrogen-bond donors (Lipinski definition) is 3. The van der Waals surface area contributed by atoms with Crippen LogP contribution < -0.4 is 21.1 Å². The van der Waals surface area contributed by atoms with Crippen molar-refractivity contribution in [3.05, 3.63) is 76.0 Å². The Balaban J connectivity index is 2.09. The van der Waals surface area contributed by atoms with Crippen molar-refractivity contribution >= 4 is 29.0 Å². The molecule has 29 heavy (non-hydrogen) atoms. The molecule has 1 aliphatic heterocycles. The van der Waals surface area contributed by atoms with Crippen LogP contribution in [-0.2, 0) is 4.79 Å². The minimum atomic E-state index is -0.526. The number of dihydropyridines is 1. The monoisotopic (exact) mass is 406 g/mol. The predicted molar refractivity (Wildman–Crippen MR) is 117 cm³/mol. The first-order valence-corrected chi connectivity index (χ1v) is 10.2. The number of carbonyl (C=O) groups is 1. The van der Waals surface area contributed by atoms with Gasteiger partial charge in [-0.25, -0.2) is 0 Å². The van der Waals surface area contributed by atoms with Crippen LogP contribution in [0.4, 0.5) is 11.4 Å². The average molecular weight is 407 g/mol. The Hall–Kier alpha value is -3.37. The molecule has 4 N–H and O–H groups in total. The van der Waals surface area contributed by atoms with Crippen LogP contribution in [0.3, 0.4) is 0 Å². The molecule has 0 saturated carbocycles. The average Bonchev–Trinajstić information content (AvgIpc) is 2.73. The number of thioether (sulfide) groups is 1. The lowest BCUT2D eigenvalue weighted by Gasteiger charge is -2.29. The Labute approximate surface area is 174 Å². The highest BCUT2D eigenvalue weighted by Crippen LogP contribution is 2.41. The molecule has 0 aliphatic carbocycles. The van der Waals surface area contributed by atoms with Gasteiger partial charge in [-0.05, 0) is 43.0 Å². The van der Waals surface area contributed by atoms with E-state index in [9.17, 15) is 10.1 Å². The molecule has 2 aromatic rings. The summed E-state index contributed by atoms with van der Waals surface area (Å²) in [4.78, 5) is 13.3. The van der Waals surface area contributed by atoms with Gasteiger partial charge in [0, 0.05) is 17.0 Å². The number of amides is 1. The summed E-state index contributed by atoms with van der Waals surface area (Å²) < 4.78 is 5.34. The number of nitrogens with zero attached hydrogens (tertiary/aromatic N) is 1. The molecule has 6 nitrogen and oxygen atoms in total. The van der Waals surface area contributed by atoms with Crippen molar-refractivity contribution in [1.82, 2.24) is 5.32 Å². The van der Waals surface area contributed by atoms with E-state index in [0.29, 0.717) is 34.0 Å². The van der Waals surface area contributed by atoms with Gasteiger partial charge in [-0.15, -0.1) is 11.8 Å². The Kier molecular flexibility index (Phi) is 6.15. The second kappa shape index (κ2) is 8.76. The van der Waals surface area contributed by atoms with Gasteiger partial charge in [0.1, 0.15) is 5.75 Å². The molecule has 0 saturated heterocycles. The van der Waals surface area contributed by atoms with Crippen molar-refractivity contribution < 1.29 is 9.53 Å². The topological polar surface area (TPSA) is 100 Å². The van der Waals surface area contributed by atoms with Crippen molar-refractivity contribution in [3.8, 4) is 11.8 Å². The number of carbonyl (C=O) groups excluding carboxylic acids is 1. The molecule has 1 heterocycles. The summed E-state index contributed by atoms with van der Waals surface area (Å²) in [7, 11) is 1.55. The van der Waals surface area contributed by atoms with E-state index in [1.807, 2.05) is 37.4 Å². The first kappa shape index (κ1) is 20.4. The van der Waals surface area contributed by atoms with E-state index in [0.717, 1.165) is 10.6 Å². The molecule has 2 aromatic carbocycles. The maximum atomic E-state index is 13.3. The van der Waals surface area contributed by atoms with Crippen LogP contribution >= 0.6 is 11.8 Å². The Morgan fingerprint density at radius 2 is 2.03 bits per heavy atom. The lowest BCUT2D eigenvalue weighted by Crippen LogP contribution is -2.30. The number of para-hydroxylation sites is 2. The van der Waals surface area contributed by atoms with E-state index in [1.54, 1.807) is 31.4 Å². The summed E-state index contributed by atoms with van der Waals surface area (Å²) in [6.45, 7) is 1.83. The molecule has 1 unspecified atom stereocenters. The summed E-state index contributed by atoms with van der Waals surface area (Å²) in [5.74, 6) is -0.272. The molecule has 0 aromatic heterocycles. The maximum Gasteiger partial charge on any atom is 0.254 e. The highest BCUT2D eigenvalue weighted by molar-refractivity contribution is 8.02. The number of rotatable bonds is 5. The lowest BCUT2D eigenvalue weighted by molar-refractivity contribution is -0.113. The number of allylic oxidation sites excluding steroid dienone is 2. The largest absolute Gasteiger partial charge is 0.495 e. The van der Waals surface area contributed by atoms with Gasteiger partial charge >= 0.3 is 0 Å². The standard InChI is InChI=1S/C22H22N4O2S/c1-13-19(21(27)26-17-9-4-5-10-18(17)28-2)20(14-7-6-8-15(24)11-14)16(12-23)22(25-13)29-3/h4-11,20,25H,24H2,1-3H3,(H,26,27). The summed E-state index contributed by atoms with van der Waals surface area (Å²) in [6, 6.07) is 16.8. The van der Waals surface area contributed by atoms with Gasteiger partial charge < -0.3 is 21.1 Å². The smallest absolute Gasteiger partial charge is 0.254 e. The van der Waals surface area contributed by atoms with Gasteiger partial charge in [0.2, 0.25) is 0 Å². The SMILES string of the molecule is COc1ccccc1NC(=O)C1=C(C)NC(SC)=C(C#N)C1c1cccc(N)c1. The molecular formula is C22H22N4O2S. The maximum absolute atomic E-state index is 13.3. The van der Waals surface area contributed by atoms with Gasteiger partial charge in [0.25, 0.3) is 5.91 Å². The number of anilines is 2. The molecule has 1 aliphatic rings. The predicted octanol–water partition coefficient (Wildman–Crippen LogP) is 3.98. The van der Waals surface area contributed by atoms with Crippen molar-refractivity contribution in [2.45, 2.75) is 12.8 Å². The van der Waals surface area contributed by atoms with E-state index in [1.165, 1.54) is 11.8 Å². The van der Waals surface area contributed by atoms with Crippen molar-refractivity contribution in [3.63, 3.8) is 0 Å². The van der Waals surface area contributed by atoms with Gasteiger partial charge in [-0.2, -0.15) is 5.26 Å². The lowest BCUT2D eigenvalue weighted by atomic mass is 9.82. The Morgan fingerprint density at radius 1 is 1.28 bits per heavy atom. The normalized spacial score (nSPS) is 16.1. The van der Waals surface area contributed by atoms with Crippen LogP contribution in [0.25, 0.3) is 0 Å². The summed E-state index contributed by atoms with van der Waals surface area (Å²) in [6.07, 6.45) is 1.89. The first-order valence-electron chi connectivity index (χ1n) is 8.96. The zero-order valence-electron chi connectivity index (χ0n) is 16.4. The summed E-state index contributed by atoms with van der Waals surface area (Å²) >= 11 is 1.44. The van der Waals surface area contributed by atoms with Crippen LogP contribution in [0.2, 0.25) is 0 Å². The molecule has 0 bridgehead atoms. The van der Waals surface area contributed by atoms with E-state index in [4.69, 9.17) is 10.5 Å². The van der Waals surface area contributed by atoms with E-state index in [-0.39, 0.29) is 5.91 Å². The van der Waals surface area contributed by atoms with Crippen LogP contribution in [-0.4, -0.2) is 19.3 Å². The molecule has 148 valence electrons. The van der Waals surface area contributed by atoms with Crippen LogP contribution in [0.5, 0.6) is 5.75 Å². The third-order valence-corrected chi connectivity index (χ3v) is 5.43. The minimum absolute atomic E-state index is 0.306. The summed E-state index contributed by atoms with van der Waals surface area (Å²) in [5.41, 5.74) is 9.55. The fourth-order valence-corrected chi connectivity index (χ4v) is 4.02. The molecule has 7 heteroatoms. The van der Waals surface area contributed by atoms with Crippen LogP contribution in [0.15, 0.2) is 70.4 Å². The van der Waals surface area contributed by atoms with E-state index < -0.39 is 5.92 Å². The summed E-state index contributed by atoms with van der Waals surface area (Å²) in [5, 5.41) is 16.7. The number of ether oxygens (including phenoxy) is 1. The number of benzene rings is 2. The van der Waals surface area contributed by atoms with Crippen molar-refractivity contribution in [1.29, 1.82) is 5.26 Å². The van der Waals surface area contributed by atoms with Gasteiger partial charge in [0.15, 0.2) is 0 Å². The zero-order chi connectivity index (χ0) is 21.0. The molecular weight excluding hydrogens is 384 g/mol. The number of nitrogen functional groups attached to an aromatic ring is 1. The Bertz CT molecular complexity index is 1050. The quantitative estimate of drug-likeness (QED) is 0.650. The second-order valence-electron chi connectivity index (χ2n) is 6.48. The van der Waals surface area contributed by atoms with E-state index >= 15 is 0 Å².